The average Bonchev–Trinajstić information content (AvgIpc) is 3.01. The number of anilines is 1. The molecule has 0 aliphatic heterocycles. The van der Waals surface area contributed by atoms with Gasteiger partial charge in [0, 0.05) is 11.1 Å². The zero-order chi connectivity index (χ0) is 22.7. The van der Waals surface area contributed by atoms with Gasteiger partial charge in [0.25, 0.3) is 5.56 Å². The molecule has 162 valence electrons. The number of rotatable bonds is 2. The van der Waals surface area contributed by atoms with E-state index in [9.17, 15) is 27.9 Å². The normalized spacial score (nSPS) is 18.3. The molecule has 0 saturated carbocycles. The SMILES string of the molecule is COC(=O)c1c(N)c2ccc(C(F)(F)F)cc2n(-c2ccc3c(c2)CCC3(C)O)c1=O. The van der Waals surface area contributed by atoms with E-state index >= 15 is 0 Å². The Bertz CT molecular complexity index is 1290. The van der Waals surface area contributed by atoms with Crippen molar-refractivity contribution in [2.45, 2.75) is 31.5 Å². The summed E-state index contributed by atoms with van der Waals surface area (Å²) < 4.78 is 45.8. The van der Waals surface area contributed by atoms with Gasteiger partial charge in [0.1, 0.15) is 5.56 Å². The second kappa shape index (κ2) is 6.84. The summed E-state index contributed by atoms with van der Waals surface area (Å²) >= 11 is 0. The lowest BCUT2D eigenvalue weighted by Gasteiger charge is -2.19. The second-order valence-electron chi connectivity index (χ2n) is 7.77. The van der Waals surface area contributed by atoms with Crippen LogP contribution in [0.3, 0.4) is 0 Å². The van der Waals surface area contributed by atoms with E-state index < -0.39 is 34.4 Å². The van der Waals surface area contributed by atoms with Crippen molar-refractivity contribution in [2.24, 2.45) is 0 Å². The number of alkyl halides is 3. The quantitative estimate of drug-likeness (QED) is 0.604. The predicted octanol–water partition coefficient (Wildman–Crippen LogP) is 3.53. The Morgan fingerprint density at radius 3 is 2.58 bits per heavy atom. The van der Waals surface area contributed by atoms with E-state index in [1.807, 2.05) is 0 Å². The first-order valence-electron chi connectivity index (χ1n) is 9.45. The van der Waals surface area contributed by atoms with Crippen LogP contribution in [0.25, 0.3) is 16.6 Å². The molecule has 0 saturated heterocycles. The summed E-state index contributed by atoms with van der Waals surface area (Å²) in [6.45, 7) is 1.67. The Balaban J connectivity index is 2.10. The molecule has 1 aliphatic rings. The first kappa shape index (κ1) is 20.9. The highest BCUT2D eigenvalue weighted by molar-refractivity contribution is 6.04. The molecule has 9 heteroatoms. The van der Waals surface area contributed by atoms with E-state index in [2.05, 4.69) is 4.74 Å². The van der Waals surface area contributed by atoms with E-state index in [0.717, 1.165) is 35.4 Å². The maximum atomic E-state index is 13.4. The number of methoxy groups -OCH3 is 1. The largest absolute Gasteiger partial charge is 0.465 e. The number of nitrogens with two attached hydrogens (primary N) is 1. The van der Waals surface area contributed by atoms with Crippen LogP contribution >= 0.6 is 0 Å². The Morgan fingerprint density at radius 2 is 1.94 bits per heavy atom. The van der Waals surface area contributed by atoms with E-state index in [1.165, 1.54) is 6.07 Å². The highest BCUT2D eigenvalue weighted by Crippen LogP contribution is 2.38. The molecule has 6 nitrogen and oxygen atoms in total. The maximum absolute atomic E-state index is 13.4. The minimum Gasteiger partial charge on any atom is -0.465 e. The lowest BCUT2D eigenvalue weighted by atomic mass is 9.98. The number of carbonyl (C=O) groups excluding carboxylic acids is 1. The average molecular weight is 432 g/mol. The molecule has 1 unspecified atom stereocenters. The summed E-state index contributed by atoms with van der Waals surface area (Å²) in [5.41, 5.74) is 4.05. The number of fused-ring (bicyclic) bond motifs is 2. The van der Waals surface area contributed by atoms with E-state index in [4.69, 9.17) is 5.73 Å². The highest BCUT2D eigenvalue weighted by Gasteiger charge is 2.34. The molecule has 1 aromatic heterocycles. The van der Waals surface area contributed by atoms with Crippen molar-refractivity contribution < 1.29 is 27.8 Å². The van der Waals surface area contributed by atoms with Gasteiger partial charge < -0.3 is 15.6 Å². The van der Waals surface area contributed by atoms with Gasteiger partial charge in [-0.05, 0) is 55.2 Å². The van der Waals surface area contributed by atoms with Crippen LogP contribution in [0.15, 0.2) is 41.2 Å². The van der Waals surface area contributed by atoms with Crippen LogP contribution < -0.4 is 11.3 Å². The fraction of sp³-hybridized carbons (Fsp3) is 0.273. The van der Waals surface area contributed by atoms with Gasteiger partial charge in [0.15, 0.2) is 0 Å². The minimum atomic E-state index is -4.64. The van der Waals surface area contributed by atoms with Gasteiger partial charge in [-0.3, -0.25) is 9.36 Å². The highest BCUT2D eigenvalue weighted by atomic mass is 19.4. The van der Waals surface area contributed by atoms with E-state index in [0.29, 0.717) is 18.4 Å². The summed E-state index contributed by atoms with van der Waals surface area (Å²) in [4.78, 5) is 25.5. The molecule has 31 heavy (non-hydrogen) atoms. The fourth-order valence-corrected chi connectivity index (χ4v) is 4.11. The standard InChI is InChI=1S/C22H19F3N2O4/c1-21(30)8-7-11-9-13(4-6-15(11)21)27-16-10-12(22(23,24)25)3-5-14(16)18(26)17(19(27)28)20(29)31-2/h3-6,9-10,30H,7-8,26H2,1-2H3. The zero-order valence-electron chi connectivity index (χ0n) is 16.7. The molecule has 0 radical (unpaired) electrons. The third-order valence-corrected chi connectivity index (χ3v) is 5.74. The maximum Gasteiger partial charge on any atom is 0.416 e. The molecule has 1 aliphatic carbocycles. The van der Waals surface area contributed by atoms with Gasteiger partial charge in [0.2, 0.25) is 0 Å². The van der Waals surface area contributed by atoms with Crippen molar-refractivity contribution in [2.75, 3.05) is 12.8 Å². The number of hydrogen-bond donors (Lipinski definition) is 2. The number of pyridine rings is 1. The van der Waals surface area contributed by atoms with Crippen molar-refractivity contribution in [3.63, 3.8) is 0 Å². The number of hydrogen-bond acceptors (Lipinski definition) is 5. The molecular weight excluding hydrogens is 413 g/mol. The molecule has 0 fully saturated rings. The van der Waals surface area contributed by atoms with Crippen LogP contribution in [-0.2, 0) is 22.9 Å². The Labute approximate surface area is 174 Å². The number of aliphatic hydroxyl groups is 1. The third-order valence-electron chi connectivity index (χ3n) is 5.74. The Morgan fingerprint density at radius 1 is 1.23 bits per heavy atom. The summed E-state index contributed by atoms with van der Waals surface area (Å²) in [5.74, 6) is -0.984. The van der Waals surface area contributed by atoms with Gasteiger partial charge in [-0.15, -0.1) is 0 Å². The molecule has 3 N–H and O–H groups in total. The van der Waals surface area contributed by atoms with E-state index in [-0.39, 0.29) is 22.3 Å². The smallest absolute Gasteiger partial charge is 0.416 e. The number of halogens is 3. The summed E-state index contributed by atoms with van der Waals surface area (Å²) in [5, 5.41) is 10.6. The van der Waals surface area contributed by atoms with Crippen LogP contribution in [-0.4, -0.2) is 22.8 Å². The number of carbonyl (C=O) groups is 1. The summed E-state index contributed by atoms with van der Waals surface area (Å²) in [7, 11) is 1.08. The van der Waals surface area contributed by atoms with Crippen molar-refractivity contribution in [3.05, 3.63) is 69.0 Å². The summed E-state index contributed by atoms with van der Waals surface area (Å²) in [6, 6.07) is 7.60. The molecule has 2 aromatic carbocycles. The molecule has 0 amide bonds. The molecule has 0 spiro atoms. The second-order valence-corrected chi connectivity index (χ2v) is 7.77. The fourth-order valence-electron chi connectivity index (χ4n) is 4.11. The number of nitrogen functional groups attached to an aromatic ring is 1. The van der Waals surface area contributed by atoms with Crippen LogP contribution in [0.1, 0.15) is 40.4 Å². The summed E-state index contributed by atoms with van der Waals surface area (Å²) in [6.07, 6.45) is -3.62. The number of aromatic nitrogens is 1. The molecule has 1 atom stereocenters. The van der Waals surface area contributed by atoms with Crippen molar-refractivity contribution in [1.82, 2.24) is 4.57 Å². The van der Waals surface area contributed by atoms with E-state index in [1.54, 1.807) is 19.1 Å². The molecule has 3 aromatic rings. The first-order valence-corrected chi connectivity index (χ1v) is 9.45. The third kappa shape index (κ3) is 3.25. The lowest BCUT2D eigenvalue weighted by molar-refractivity contribution is -0.137. The van der Waals surface area contributed by atoms with Crippen LogP contribution in [0.5, 0.6) is 0 Å². The number of aryl methyl sites for hydroxylation is 1. The van der Waals surface area contributed by atoms with Crippen LogP contribution in [0.2, 0.25) is 0 Å². The Hall–Kier alpha value is -3.33. The number of benzene rings is 2. The molecule has 0 bridgehead atoms. The van der Waals surface area contributed by atoms with Crippen LogP contribution in [0, 0.1) is 0 Å². The lowest BCUT2D eigenvalue weighted by Crippen LogP contribution is -2.28. The van der Waals surface area contributed by atoms with Crippen LogP contribution in [0.4, 0.5) is 18.9 Å². The number of esters is 1. The minimum absolute atomic E-state index is 0.0883. The number of nitrogens with zero attached hydrogens (tertiary/aromatic N) is 1. The van der Waals surface area contributed by atoms with Gasteiger partial charge in [-0.2, -0.15) is 13.2 Å². The van der Waals surface area contributed by atoms with Gasteiger partial charge in [-0.1, -0.05) is 12.1 Å². The molecule has 4 rings (SSSR count). The van der Waals surface area contributed by atoms with Gasteiger partial charge in [0.05, 0.1) is 29.5 Å². The molecule has 1 heterocycles. The monoisotopic (exact) mass is 432 g/mol. The Kier molecular flexibility index (Phi) is 4.62. The van der Waals surface area contributed by atoms with Gasteiger partial charge >= 0.3 is 12.1 Å². The predicted molar refractivity (Wildman–Crippen MR) is 108 cm³/mol. The molecular formula is C22H19F3N2O4. The number of ether oxygens (including phenoxy) is 1. The zero-order valence-corrected chi connectivity index (χ0v) is 16.7. The van der Waals surface area contributed by atoms with Crippen molar-refractivity contribution >= 4 is 22.6 Å². The van der Waals surface area contributed by atoms with Gasteiger partial charge in [-0.25, -0.2) is 4.79 Å². The van der Waals surface area contributed by atoms with Crippen molar-refractivity contribution in [1.29, 1.82) is 0 Å². The van der Waals surface area contributed by atoms with Crippen molar-refractivity contribution in [3.8, 4) is 5.69 Å². The topological polar surface area (TPSA) is 94.6 Å². The first-order chi connectivity index (χ1) is 14.5.